The van der Waals surface area contributed by atoms with Gasteiger partial charge in [-0.3, -0.25) is 0 Å². The Kier molecular flexibility index (Phi) is 4.94. The molecule has 0 aliphatic carbocycles. The molecule has 2 N–H and O–H groups in total. The lowest BCUT2D eigenvalue weighted by molar-refractivity contribution is -0.255. The summed E-state index contributed by atoms with van der Waals surface area (Å²) in [4.78, 5) is 11.4. The molecule has 0 heterocycles. The Morgan fingerprint density at radius 3 is 1.96 bits per heavy atom. The zero-order valence-electron chi connectivity index (χ0n) is 11.7. The first-order valence-corrected chi connectivity index (χ1v) is 7.65. The molecule has 2 aromatic rings. The zero-order valence-corrected chi connectivity index (χ0v) is 12.6. The van der Waals surface area contributed by atoms with E-state index >= 15 is 0 Å². The summed E-state index contributed by atoms with van der Waals surface area (Å²) in [6.07, 6.45) is 0. The predicted octanol–water partition coefficient (Wildman–Crippen LogP) is 1.05. The van der Waals surface area contributed by atoms with Crippen molar-refractivity contribution in [2.45, 2.75) is 4.90 Å². The minimum Gasteiger partial charge on any atom is -0.545 e. The van der Waals surface area contributed by atoms with Crippen molar-refractivity contribution in [1.82, 2.24) is 4.83 Å². The van der Waals surface area contributed by atoms with Crippen LogP contribution >= 0.6 is 0 Å². The third kappa shape index (κ3) is 3.53. The molecular weight excluding hydrogens is 375 g/mol. The highest BCUT2D eigenvalue weighted by Gasteiger charge is 2.27. The molecule has 134 valence electrons. The zero-order chi connectivity index (χ0) is 18.9. The van der Waals surface area contributed by atoms with Crippen molar-refractivity contribution < 1.29 is 40.3 Å². The molecule has 6 nitrogen and oxygen atoms in total. The third-order valence-electron chi connectivity index (χ3n) is 2.90. The largest absolute Gasteiger partial charge is 0.545 e. The van der Waals surface area contributed by atoms with E-state index in [1.807, 2.05) is 0 Å². The van der Waals surface area contributed by atoms with E-state index in [-0.39, 0.29) is 0 Å². The van der Waals surface area contributed by atoms with Gasteiger partial charge in [-0.25, -0.2) is 30.4 Å². The Labute approximate surface area is 136 Å². The Balaban J connectivity index is 2.36. The van der Waals surface area contributed by atoms with Crippen molar-refractivity contribution in [3.05, 3.63) is 58.9 Å². The highest BCUT2D eigenvalue weighted by atomic mass is 32.2. The summed E-state index contributed by atoms with van der Waals surface area (Å²) in [5.74, 6) is -13.2. The van der Waals surface area contributed by atoms with Gasteiger partial charge in [0.2, 0.25) is 5.82 Å². The second-order valence-corrected chi connectivity index (χ2v) is 6.17. The third-order valence-corrected chi connectivity index (χ3v) is 4.15. The number of carboxylic acid groups (broad SMARTS) is 1. The van der Waals surface area contributed by atoms with Gasteiger partial charge in [-0.2, -0.15) is 0 Å². The molecule has 0 saturated heterocycles. The molecule has 0 atom stereocenters. The lowest BCUT2D eigenvalue weighted by Crippen LogP contribution is -2.31. The van der Waals surface area contributed by atoms with Crippen molar-refractivity contribution >= 4 is 21.7 Å². The number of carboxylic acids is 1. The van der Waals surface area contributed by atoms with Gasteiger partial charge in [-0.15, -0.1) is 4.83 Å². The highest BCUT2D eigenvalue weighted by molar-refractivity contribution is 7.89. The average molecular weight is 381 g/mol. The van der Waals surface area contributed by atoms with Crippen molar-refractivity contribution in [3.63, 3.8) is 0 Å². The predicted molar refractivity (Wildman–Crippen MR) is 70.9 cm³/mol. The normalized spacial score (nSPS) is 11.4. The number of halogens is 5. The van der Waals surface area contributed by atoms with Crippen LogP contribution in [0.3, 0.4) is 0 Å². The first kappa shape index (κ1) is 18.6. The summed E-state index contributed by atoms with van der Waals surface area (Å²) >= 11 is 0. The van der Waals surface area contributed by atoms with E-state index in [0.29, 0.717) is 6.07 Å². The maximum absolute atomic E-state index is 13.4. The monoisotopic (exact) mass is 381 g/mol. The van der Waals surface area contributed by atoms with E-state index in [1.54, 1.807) is 0 Å². The van der Waals surface area contributed by atoms with Crippen LogP contribution < -0.4 is 15.4 Å². The van der Waals surface area contributed by atoms with Crippen LogP contribution in [0.2, 0.25) is 0 Å². The lowest BCUT2D eigenvalue weighted by atomic mass is 10.2. The number of nitrogens with one attached hydrogen (secondary N) is 2. The van der Waals surface area contributed by atoms with Gasteiger partial charge in [-0.1, -0.05) is 12.1 Å². The SMILES string of the molecule is O=C([O-])c1cccc(S(=O)(=O)NNc2c(F)c(F)c(F)c(F)c2F)c1. The number of hydrogen-bond donors (Lipinski definition) is 2. The van der Waals surface area contributed by atoms with Gasteiger partial charge in [0.25, 0.3) is 10.0 Å². The fourth-order valence-electron chi connectivity index (χ4n) is 1.68. The molecule has 0 aliphatic heterocycles. The molecule has 0 amide bonds. The van der Waals surface area contributed by atoms with E-state index in [9.17, 15) is 40.3 Å². The topological polar surface area (TPSA) is 98.3 Å². The molecule has 0 fully saturated rings. The van der Waals surface area contributed by atoms with Gasteiger partial charge in [0, 0.05) is 0 Å². The number of aromatic carboxylic acids is 1. The molecule has 0 spiro atoms. The average Bonchev–Trinajstić information content (AvgIpc) is 2.58. The maximum Gasteiger partial charge on any atom is 0.257 e. The lowest BCUT2D eigenvalue weighted by Gasteiger charge is -2.13. The molecule has 0 aromatic heterocycles. The molecule has 0 unspecified atom stereocenters. The first-order chi connectivity index (χ1) is 11.6. The summed E-state index contributed by atoms with van der Waals surface area (Å²) in [6, 6.07) is 3.65. The van der Waals surface area contributed by atoms with Crippen LogP contribution in [0, 0.1) is 29.1 Å². The van der Waals surface area contributed by atoms with E-state index in [2.05, 4.69) is 0 Å². The molecule has 0 bridgehead atoms. The van der Waals surface area contributed by atoms with Crippen molar-refractivity contribution in [2.75, 3.05) is 5.43 Å². The van der Waals surface area contributed by atoms with Gasteiger partial charge in [0.15, 0.2) is 23.3 Å². The Hall–Kier alpha value is -2.73. The number of hydrogen-bond acceptors (Lipinski definition) is 5. The molecule has 2 rings (SSSR count). The number of hydrazine groups is 1. The van der Waals surface area contributed by atoms with Crippen LogP contribution in [0.5, 0.6) is 0 Å². The van der Waals surface area contributed by atoms with E-state index in [1.165, 1.54) is 10.3 Å². The molecule has 2 aromatic carbocycles. The minimum absolute atomic E-state index is 0.515. The number of benzene rings is 2. The molecule has 0 saturated carbocycles. The summed E-state index contributed by atoms with van der Waals surface area (Å²) in [6.45, 7) is 0. The van der Waals surface area contributed by atoms with Crippen molar-refractivity contribution in [3.8, 4) is 0 Å². The smallest absolute Gasteiger partial charge is 0.257 e. The van der Waals surface area contributed by atoms with Gasteiger partial charge in [-0.05, 0) is 17.7 Å². The van der Waals surface area contributed by atoms with Gasteiger partial charge in [0.1, 0.15) is 5.69 Å². The van der Waals surface area contributed by atoms with Gasteiger partial charge >= 0.3 is 0 Å². The van der Waals surface area contributed by atoms with Crippen molar-refractivity contribution in [2.24, 2.45) is 0 Å². The van der Waals surface area contributed by atoms with E-state index in [4.69, 9.17) is 0 Å². The van der Waals surface area contributed by atoms with Gasteiger partial charge < -0.3 is 15.3 Å². The van der Waals surface area contributed by atoms with E-state index < -0.39 is 61.2 Å². The summed E-state index contributed by atoms with van der Waals surface area (Å²) in [5.41, 5.74) is -0.764. The molecule has 0 aliphatic rings. The molecule has 0 radical (unpaired) electrons. The second kappa shape index (κ2) is 6.64. The number of carbonyl (C=O) groups is 1. The summed E-state index contributed by atoms with van der Waals surface area (Å²) in [7, 11) is -4.61. The van der Waals surface area contributed by atoms with Crippen LogP contribution in [0.1, 0.15) is 10.4 Å². The van der Waals surface area contributed by atoms with Crippen molar-refractivity contribution in [1.29, 1.82) is 0 Å². The molecular formula is C13H6F5N2O4S-. The Morgan fingerprint density at radius 1 is 0.920 bits per heavy atom. The minimum atomic E-state index is -4.61. The van der Waals surface area contributed by atoms with Crippen LogP contribution in [-0.2, 0) is 10.0 Å². The fourth-order valence-corrected chi connectivity index (χ4v) is 2.58. The van der Waals surface area contributed by atoms with Crippen LogP contribution in [0.4, 0.5) is 27.6 Å². The summed E-state index contributed by atoms with van der Waals surface area (Å²) < 4.78 is 89.8. The van der Waals surface area contributed by atoms with Crippen LogP contribution in [0.25, 0.3) is 0 Å². The highest BCUT2D eigenvalue weighted by Crippen LogP contribution is 2.26. The number of anilines is 1. The summed E-state index contributed by atoms with van der Waals surface area (Å²) in [5, 5.41) is 10.7. The van der Waals surface area contributed by atoms with Crippen LogP contribution in [0.15, 0.2) is 29.2 Å². The second-order valence-electron chi connectivity index (χ2n) is 4.49. The van der Waals surface area contributed by atoms with Gasteiger partial charge in [0.05, 0.1) is 10.9 Å². The van der Waals surface area contributed by atoms with E-state index in [0.717, 1.165) is 18.2 Å². The van der Waals surface area contributed by atoms with Crippen LogP contribution in [-0.4, -0.2) is 14.4 Å². The fraction of sp³-hybridized carbons (Fsp3) is 0. The number of rotatable bonds is 5. The Bertz CT molecular complexity index is 936. The first-order valence-electron chi connectivity index (χ1n) is 6.17. The maximum atomic E-state index is 13.4. The number of sulfonamides is 1. The molecule has 12 heteroatoms. The Morgan fingerprint density at radius 2 is 1.44 bits per heavy atom. The quantitative estimate of drug-likeness (QED) is 0.349. The number of carbonyl (C=O) groups excluding carboxylic acids is 1. The standard InChI is InChI=1S/C13H7F5N2O4S/c14-7-8(15)10(17)12(11(18)9(7)16)19-20-25(23,24)6-3-1-2-5(4-6)13(21)22/h1-4,19-20H,(H,21,22)/p-1. The molecule has 25 heavy (non-hydrogen) atoms.